The van der Waals surface area contributed by atoms with Crippen molar-refractivity contribution in [3.8, 4) is 0 Å². The monoisotopic (exact) mass is 187 g/mol. The molecule has 1 aromatic rings. The lowest BCUT2D eigenvalue weighted by atomic mass is 10.1. The van der Waals surface area contributed by atoms with Crippen molar-refractivity contribution in [3.05, 3.63) is 42.1 Å². The first-order valence-corrected chi connectivity index (χ1v) is 4.81. The second kappa shape index (κ2) is 3.66. The number of nitrogens with zero attached hydrogens (tertiary/aromatic N) is 1. The number of rotatable bonds is 2. The van der Waals surface area contributed by atoms with Gasteiger partial charge in [0.1, 0.15) is 6.29 Å². The fourth-order valence-corrected chi connectivity index (χ4v) is 1.94. The number of hydrogen-bond donors (Lipinski definition) is 0. The lowest BCUT2D eigenvalue weighted by Crippen LogP contribution is -2.22. The van der Waals surface area contributed by atoms with Gasteiger partial charge in [-0.2, -0.15) is 0 Å². The van der Waals surface area contributed by atoms with Crippen LogP contribution in [0.5, 0.6) is 0 Å². The van der Waals surface area contributed by atoms with E-state index >= 15 is 0 Å². The van der Waals surface area contributed by atoms with Crippen LogP contribution in [-0.2, 0) is 11.2 Å². The molecule has 2 rings (SSSR count). The van der Waals surface area contributed by atoms with Gasteiger partial charge in [0, 0.05) is 17.9 Å². The van der Waals surface area contributed by atoms with Crippen molar-refractivity contribution < 1.29 is 4.79 Å². The molecule has 0 saturated heterocycles. The lowest BCUT2D eigenvalue weighted by Gasteiger charge is -2.19. The van der Waals surface area contributed by atoms with Crippen LogP contribution < -0.4 is 4.90 Å². The zero-order valence-corrected chi connectivity index (χ0v) is 8.18. The second-order valence-corrected chi connectivity index (χ2v) is 3.57. The summed E-state index contributed by atoms with van der Waals surface area (Å²) in [5.74, 6) is 0. The topological polar surface area (TPSA) is 20.3 Å². The molecule has 0 radical (unpaired) electrons. The lowest BCUT2D eigenvalue weighted by molar-refractivity contribution is -0.104. The standard InChI is InChI=1S/C12H13NO/c1-10-9-11-5-2-3-6-12(11)13(10)7-4-8-14/h2-8,10H,9H2,1H3/b7-4+/t10-/m1/s1. The third kappa shape index (κ3) is 1.43. The predicted octanol–water partition coefficient (Wildman–Crippen LogP) is 2.15. The van der Waals surface area contributed by atoms with E-state index in [1.54, 1.807) is 6.08 Å². The van der Waals surface area contributed by atoms with Crippen LogP contribution in [-0.4, -0.2) is 12.3 Å². The first-order valence-electron chi connectivity index (χ1n) is 4.81. The fourth-order valence-electron chi connectivity index (χ4n) is 1.94. The van der Waals surface area contributed by atoms with Crippen molar-refractivity contribution in [2.24, 2.45) is 0 Å². The van der Waals surface area contributed by atoms with Crippen LogP contribution in [0.1, 0.15) is 12.5 Å². The quantitative estimate of drug-likeness (QED) is 0.522. The van der Waals surface area contributed by atoms with Crippen molar-refractivity contribution in [1.82, 2.24) is 0 Å². The molecule has 0 N–H and O–H groups in total. The normalized spacial score (nSPS) is 20.1. The van der Waals surface area contributed by atoms with E-state index in [0.29, 0.717) is 6.04 Å². The van der Waals surface area contributed by atoms with Gasteiger partial charge in [-0.25, -0.2) is 0 Å². The third-order valence-corrected chi connectivity index (χ3v) is 2.59. The number of allylic oxidation sites excluding steroid dienone is 1. The maximum absolute atomic E-state index is 10.3. The Labute approximate surface area is 83.8 Å². The minimum atomic E-state index is 0.448. The SMILES string of the molecule is C[C@@H]1Cc2ccccc2N1/C=C/C=O. The minimum Gasteiger partial charge on any atom is -0.345 e. The van der Waals surface area contributed by atoms with Gasteiger partial charge >= 0.3 is 0 Å². The molecule has 0 aromatic heterocycles. The van der Waals surface area contributed by atoms with E-state index in [2.05, 4.69) is 30.0 Å². The van der Waals surface area contributed by atoms with Crippen molar-refractivity contribution in [3.63, 3.8) is 0 Å². The summed E-state index contributed by atoms with van der Waals surface area (Å²) in [7, 11) is 0. The highest BCUT2D eigenvalue weighted by atomic mass is 16.1. The highest BCUT2D eigenvalue weighted by Gasteiger charge is 2.23. The maximum Gasteiger partial charge on any atom is 0.144 e. The molecule has 0 amide bonds. The summed E-state index contributed by atoms with van der Waals surface area (Å²) in [6.45, 7) is 2.16. The van der Waals surface area contributed by atoms with Gasteiger partial charge in [-0.3, -0.25) is 4.79 Å². The molecule has 0 bridgehead atoms. The van der Waals surface area contributed by atoms with E-state index in [9.17, 15) is 4.79 Å². The number of para-hydroxylation sites is 1. The van der Waals surface area contributed by atoms with E-state index in [1.807, 2.05) is 12.3 Å². The Bertz CT molecular complexity index is 370. The van der Waals surface area contributed by atoms with Crippen LogP contribution in [0.2, 0.25) is 0 Å². The summed E-state index contributed by atoms with van der Waals surface area (Å²) in [6.07, 6.45) is 5.26. The Morgan fingerprint density at radius 1 is 1.43 bits per heavy atom. The second-order valence-electron chi connectivity index (χ2n) is 3.57. The van der Waals surface area contributed by atoms with Gasteiger partial charge < -0.3 is 4.90 Å². The molecule has 0 aliphatic carbocycles. The van der Waals surface area contributed by atoms with Gasteiger partial charge in [0.05, 0.1) is 0 Å². The summed E-state index contributed by atoms with van der Waals surface area (Å²) < 4.78 is 0. The Balaban J connectivity index is 2.34. The Morgan fingerprint density at radius 2 is 2.21 bits per heavy atom. The molecule has 72 valence electrons. The largest absolute Gasteiger partial charge is 0.345 e. The Morgan fingerprint density at radius 3 is 3.00 bits per heavy atom. The number of benzene rings is 1. The summed E-state index contributed by atoms with van der Waals surface area (Å²) >= 11 is 0. The number of carbonyl (C=O) groups is 1. The Hall–Kier alpha value is -1.57. The first kappa shape index (κ1) is 9.00. The van der Waals surface area contributed by atoms with Gasteiger partial charge in [0.2, 0.25) is 0 Å². The summed E-state index contributed by atoms with van der Waals surface area (Å²) in [4.78, 5) is 12.4. The molecule has 0 fully saturated rings. The number of hydrogen-bond acceptors (Lipinski definition) is 2. The smallest absolute Gasteiger partial charge is 0.144 e. The summed E-state index contributed by atoms with van der Waals surface area (Å²) in [5.41, 5.74) is 2.58. The van der Waals surface area contributed by atoms with Crippen molar-refractivity contribution in [2.75, 3.05) is 4.90 Å². The van der Waals surface area contributed by atoms with E-state index in [0.717, 1.165) is 12.7 Å². The average molecular weight is 187 g/mol. The van der Waals surface area contributed by atoms with Crippen LogP contribution in [0.25, 0.3) is 0 Å². The highest BCUT2D eigenvalue weighted by Crippen LogP contribution is 2.31. The van der Waals surface area contributed by atoms with Crippen molar-refractivity contribution in [2.45, 2.75) is 19.4 Å². The molecule has 1 heterocycles. The molecule has 0 unspecified atom stereocenters. The fraction of sp³-hybridized carbons (Fsp3) is 0.250. The van der Waals surface area contributed by atoms with Crippen LogP contribution >= 0.6 is 0 Å². The van der Waals surface area contributed by atoms with Crippen molar-refractivity contribution >= 4 is 12.0 Å². The van der Waals surface area contributed by atoms with E-state index < -0.39 is 0 Å². The molecule has 14 heavy (non-hydrogen) atoms. The molecule has 0 saturated carbocycles. The maximum atomic E-state index is 10.3. The van der Waals surface area contributed by atoms with Gasteiger partial charge in [0.15, 0.2) is 0 Å². The molecule has 1 aliphatic rings. The van der Waals surface area contributed by atoms with Crippen LogP contribution in [0.4, 0.5) is 5.69 Å². The molecule has 2 heteroatoms. The first-order chi connectivity index (χ1) is 6.83. The van der Waals surface area contributed by atoms with E-state index in [4.69, 9.17) is 0 Å². The number of anilines is 1. The molecule has 0 spiro atoms. The average Bonchev–Trinajstić information content (AvgIpc) is 2.51. The number of carbonyl (C=O) groups excluding carboxylic acids is 1. The van der Waals surface area contributed by atoms with Crippen LogP contribution in [0, 0.1) is 0 Å². The molecule has 1 atom stereocenters. The highest BCUT2D eigenvalue weighted by molar-refractivity contribution is 5.68. The molecule has 2 nitrogen and oxygen atoms in total. The minimum absolute atomic E-state index is 0.448. The van der Waals surface area contributed by atoms with Gasteiger partial charge in [-0.05, 0) is 31.1 Å². The molecule has 1 aromatic carbocycles. The summed E-state index contributed by atoms with van der Waals surface area (Å²) in [5, 5.41) is 0. The van der Waals surface area contributed by atoms with E-state index in [1.165, 1.54) is 11.3 Å². The molecular weight excluding hydrogens is 174 g/mol. The zero-order valence-electron chi connectivity index (χ0n) is 8.18. The summed E-state index contributed by atoms with van der Waals surface area (Å²) in [6, 6.07) is 8.76. The van der Waals surface area contributed by atoms with Gasteiger partial charge in [-0.1, -0.05) is 18.2 Å². The third-order valence-electron chi connectivity index (χ3n) is 2.59. The van der Waals surface area contributed by atoms with Gasteiger partial charge in [0.25, 0.3) is 0 Å². The molecule has 1 aliphatic heterocycles. The van der Waals surface area contributed by atoms with Crippen LogP contribution in [0.15, 0.2) is 36.5 Å². The van der Waals surface area contributed by atoms with Gasteiger partial charge in [-0.15, -0.1) is 0 Å². The number of aldehydes is 1. The predicted molar refractivity (Wildman–Crippen MR) is 57.3 cm³/mol. The Kier molecular flexibility index (Phi) is 2.35. The van der Waals surface area contributed by atoms with Crippen molar-refractivity contribution in [1.29, 1.82) is 0 Å². The molecular formula is C12H13NO. The number of fused-ring (bicyclic) bond motifs is 1. The van der Waals surface area contributed by atoms with E-state index in [-0.39, 0.29) is 0 Å². The zero-order chi connectivity index (χ0) is 9.97. The van der Waals surface area contributed by atoms with Crippen LogP contribution in [0.3, 0.4) is 0 Å².